The van der Waals surface area contributed by atoms with Crippen LogP contribution < -0.4 is 20.7 Å². The van der Waals surface area contributed by atoms with Crippen molar-refractivity contribution in [3.63, 3.8) is 0 Å². The van der Waals surface area contributed by atoms with Crippen LogP contribution in [0.2, 0.25) is 0 Å². The van der Waals surface area contributed by atoms with Gasteiger partial charge in [0.1, 0.15) is 12.3 Å². The fraction of sp³-hybridized carbons (Fsp3) is 0.364. The minimum Gasteiger partial charge on any atom is -0.497 e. The number of guanidine groups is 1. The number of rotatable bonds is 9. The Morgan fingerprint density at radius 3 is 2.38 bits per heavy atom. The number of carbonyl (C=O) groups excluding carboxylic acids is 1. The molecule has 0 saturated heterocycles. The number of anilines is 1. The number of ether oxygens (including phenoxy) is 1. The molecule has 1 amide bonds. The fourth-order valence-corrected chi connectivity index (χ4v) is 2.81. The van der Waals surface area contributed by atoms with Gasteiger partial charge in [0.25, 0.3) is 0 Å². The molecule has 0 fully saturated rings. The van der Waals surface area contributed by atoms with Gasteiger partial charge in [0.2, 0.25) is 5.91 Å². The third-order valence-electron chi connectivity index (χ3n) is 4.59. The van der Waals surface area contributed by atoms with Crippen LogP contribution in [0.1, 0.15) is 31.7 Å². The Balaban J connectivity index is 0.00000512. The van der Waals surface area contributed by atoms with E-state index in [-0.39, 0.29) is 30.5 Å². The lowest BCUT2D eigenvalue weighted by atomic mass is 9.98. The van der Waals surface area contributed by atoms with Gasteiger partial charge in [0.15, 0.2) is 23.4 Å². The summed E-state index contributed by atoms with van der Waals surface area (Å²) in [5.41, 5.74) is 0.739. The lowest BCUT2D eigenvalue weighted by molar-refractivity contribution is -0.114. The molecule has 2 rings (SSSR count). The van der Waals surface area contributed by atoms with E-state index in [0.717, 1.165) is 24.3 Å². The van der Waals surface area contributed by atoms with Gasteiger partial charge >= 0.3 is 0 Å². The van der Waals surface area contributed by atoms with Gasteiger partial charge in [-0.1, -0.05) is 19.1 Å². The molecule has 176 valence electrons. The first-order chi connectivity index (χ1) is 14.8. The first-order valence-electron chi connectivity index (χ1n) is 9.95. The average molecular weight is 564 g/mol. The summed E-state index contributed by atoms with van der Waals surface area (Å²) in [5.74, 6) is -3.55. The molecule has 0 saturated carbocycles. The van der Waals surface area contributed by atoms with E-state index < -0.39 is 29.0 Å². The molecule has 2 aromatic carbocycles. The van der Waals surface area contributed by atoms with Crippen molar-refractivity contribution in [2.75, 3.05) is 32.1 Å². The number of aliphatic imine (C=N–C) groups is 1. The maximum atomic E-state index is 13.7. The number of amides is 1. The third kappa shape index (κ3) is 8.21. The smallest absolute Gasteiger partial charge is 0.246 e. The van der Waals surface area contributed by atoms with Crippen LogP contribution in [0.25, 0.3) is 0 Å². The zero-order valence-corrected chi connectivity index (χ0v) is 20.5. The number of carbonyl (C=O) groups is 1. The molecule has 0 aliphatic heterocycles. The molecular weight excluding hydrogens is 536 g/mol. The maximum absolute atomic E-state index is 13.7. The molecule has 0 bridgehead atoms. The predicted octanol–water partition coefficient (Wildman–Crippen LogP) is 4.42. The largest absolute Gasteiger partial charge is 0.497 e. The molecule has 1 atom stereocenters. The normalized spacial score (nSPS) is 11.9. The van der Waals surface area contributed by atoms with Gasteiger partial charge in [-0.15, -0.1) is 24.0 Å². The maximum Gasteiger partial charge on any atom is 0.246 e. The summed E-state index contributed by atoms with van der Waals surface area (Å²) in [6, 6.07) is 9.57. The molecule has 2 aromatic rings. The molecule has 0 aliphatic carbocycles. The van der Waals surface area contributed by atoms with Crippen molar-refractivity contribution in [1.82, 2.24) is 10.6 Å². The standard InChI is InChI=1S/C22H27F3N4O2.HI/c1-4-26-22(27-12-11-14(2)15-5-7-16(31-3)8-6-15)28-13-19(30)29-18-10-9-17(23)20(24)21(18)25;/h5-10,14H,4,11-13H2,1-3H3,(H,29,30)(H2,26,27,28);1H. The average Bonchev–Trinajstić information content (AvgIpc) is 2.77. The number of hydrogen-bond donors (Lipinski definition) is 3. The van der Waals surface area contributed by atoms with Crippen molar-refractivity contribution in [3.8, 4) is 5.75 Å². The lowest BCUT2D eigenvalue weighted by Crippen LogP contribution is -2.38. The Labute approximate surface area is 203 Å². The van der Waals surface area contributed by atoms with E-state index in [0.29, 0.717) is 25.0 Å². The van der Waals surface area contributed by atoms with Gasteiger partial charge in [0.05, 0.1) is 12.8 Å². The van der Waals surface area contributed by atoms with Crippen LogP contribution in [0.4, 0.5) is 18.9 Å². The first kappa shape index (κ1) is 27.5. The van der Waals surface area contributed by atoms with Crippen molar-refractivity contribution in [2.24, 2.45) is 4.99 Å². The summed E-state index contributed by atoms with van der Waals surface area (Å²) in [4.78, 5) is 16.2. The second-order valence-electron chi connectivity index (χ2n) is 6.86. The minimum absolute atomic E-state index is 0. The molecule has 3 N–H and O–H groups in total. The van der Waals surface area contributed by atoms with E-state index in [1.165, 1.54) is 5.56 Å². The molecule has 0 heterocycles. The van der Waals surface area contributed by atoms with Crippen LogP contribution in [0.5, 0.6) is 5.75 Å². The topological polar surface area (TPSA) is 74.8 Å². The highest BCUT2D eigenvalue weighted by molar-refractivity contribution is 14.0. The van der Waals surface area contributed by atoms with Gasteiger partial charge in [0, 0.05) is 13.1 Å². The van der Waals surface area contributed by atoms with Gasteiger partial charge < -0.3 is 20.7 Å². The summed E-state index contributed by atoms with van der Waals surface area (Å²) >= 11 is 0. The highest BCUT2D eigenvalue weighted by Crippen LogP contribution is 2.21. The summed E-state index contributed by atoms with van der Waals surface area (Å²) < 4.78 is 45.1. The van der Waals surface area contributed by atoms with Crippen LogP contribution in [0, 0.1) is 17.5 Å². The molecule has 0 aromatic heterocycles. The summed E-state index contributed by atoms with van der Waals surface area (Å²) in [6.45, 7) is 4.87. The number of nitrogens with zero attached hydrogens (tertiary/aromatic N) is 1. The quantitative estimate of drug-likeness (QED) is 0.183. The second-order valence-corrected chi connectivity index (χ2v) is 6.86. The number of halogens is 4. The van der Waals surface area contributed by atoms with E-state index in [2.05, 4.69) is 27.9 Å². The molecule has 0 radical (unpaired) electrons. The zero-order chi connectivity index (χ0) is 22.8. The Kier molecular flexibility index (Phi) is 11.9. The van der Waals surface area contributed by atoms with Crippen molar-refractivity contribution >= 4 is 41.5 Å². The number of methoxy groups -OCH3 is 1. The second kappa shape index (κ2) is 13.8. The fourth-order valence-electron chi connectivity index (χ4n) is 2.81. The van der Waals surface area contributed by atoms with Crippen LogP contribution in [0.3, 0.4) is 0 Å². The highest BCUT2D eigenvalue weighted by atomic mass is 127. The van der Waals surface area contributed by atoms with E-state index in [9.17, 15) is 18.0 Å². The molecule has 0 aliphatic rings. The molecule has 32 heavy (non-hydrogen) atoms. The minimum atomic E-state index is -1.64. The van der Waals surface area contributed by atoms with Gasteiger partial charge in [-0.3, -0.25) is 4.79 Å². The Morgan fingerprint density at radius 2 is 1.75 bits per heavy atom. The predicted molar refractivity (Wildman–Crippen MR) is 130 cm³/mol. The molecule has 6 nitrogen and oxygen atoms in total. The van der Waals surface area contributed by atoms with Gasteiger partial charge in [-0.2, -0.15) is 0 Å². The zero-order valence-electron chi connectivity index (χ0n) is 18.2. The molecule has 10 heteroatoms. The van der Waals surface area contributed by atoms with Crippen molar-refractivity contribution in [2.45, 2.75) is 26.2 Å². The van der Waals surface area contributed by atoms with Crippen LogP contribution >= 0.6 is 24.0 Å². The Bertz CT molecular complexity index is 911. The van der Waals surface area contributed by atoms with Crippen molar-refractivity contribution in [1.29, 1.82) is 0 Å². The Morgan fingerprint density at radius 1 is 1.06 bits per heavy atom. The van der Waals surface area contributed by atoms with E-state index in [1.807, 2.05) is 31.2 Å². The monoisotopic (exact) mass is 564 g/mol. The van der Waals surface area contributed by atoms with Gasteiger partial charge in [-0.25, -0.2) is 18.2 Å². The third-order valence-corrected chi connectivity index (χ3v) is 4.59. The van der Waals surface area contributed by atoms with E-state index in [4.69, 9.17) is 4.74 Å². The SMILES string of the molecule is CCNC(=NCC(=O)Nc1ccc(F)c(F)c1F)NCCC(C)c1ccc(OC)cc1.I. The van der Waals surface area contributed by atoms with Gasteiger partial charge in [-0.05, 0) is 49.1 Å². The summed E-state index contributed by atoms with van der Waals surface area (Å²) in [5, 5.41) is 8.35. The Hall–Kier alpha value is -2.50. The number of nitrogens with one attached hydrogen (secondary N) is 3. The molecule has 0 spiro atoms. The van der Waals surface area contributed by atoms with Crippen molar-refractivity contribution in [3.05, 3.63) is 59.4 Å². The van der Waals surface area contributed by atoms with Crippen LogP contribution in [0.15, 0.2) is 41.4 Å². The number of benzene rings is 2. The number of hydrogen-bond acceptors (Lipinski definition) is 3. The van der Waals surface area contributed by atoms with E-state index in [1.54, 1.807) is 7.11 Å². The van der Waals surface area contributed by atoms with Crippen LogP contribution in [-0.2, 0) is 4.79 Å². The van der Waals surface area contributed by atoms with E-state index >= 15 is 0 Å². The molecular formula is C22H28F3IN4O2. The molecule has 1 unspecified atom stereocenters. The summed E-state index contributed by atoms with van der Waals surface area (Å²) in [7, 11) is 1.62. The summed E-state index contributed by atoms with van der Waals surface area (Å²) in [6.07, 6.45) is 0.822. The first-order valence-corrected chi connectivity index (χ1v) is 9.95. The van der Waals surface area contributed by atoms with Crippen LogP contribution in [-0.4, -0.2) is 38.6 Å². The highest BCUT2D eigenvalue weighted by Gasteiger charge is 2.15. The lowest BCUT2D eigenvalue weighted by Gasteiger charge is -2.15. The van der Waals surface area contributed by atoms with Crippen molar-refractivity contribution < 1.29 is 22.7 Å².